The van der Waals surface area contributed by atoms with Crippen LogP contribution in [0.2, 0.25) is 0 Å². The van der Waals surface area contributed by atoms with Crippen molar-refractivity contribution in [3.05, 3.63) is 0 Å². The Morgan fingerprint density at radius 2 is 2.06 bits per heavy atom. The summed E-state index contributed by atoms with van der Waals surface area (Å²) in [5.41, 5.74) is -0.505. The molecule has 2 amide bonds. The van der Waals surface area contributed by atoms with Gasteiger partial charge in [0.05, 0.1) is 0 Å². The van der Waals surface area contributed by atoms with Crippen molar-refractivity contribution in [3.63, 3.8) is 0 Å². The van der Waals surface area contributed by atoms with Gasteiger partial charge in [-0.15, -0.1) is 0 Å². The van der Waals surface area contributed by atoms with Crippen LogP contribution < -0.4 is 5.32 Å². The number of amides is 2. The van der Waals surface area contributed by atoms with Gasteiger partial charge in [-0.2, -0.15) is 11.8 Å². The van der Waals surface area contributed by atoms with E-state index >= 15 is 0 Å². The highest BCUT2D eigenvalue weighted by molar-refractivity contribution is 7.99. The second-order valence-corrected chi connectivity index (χ2v) is 6.85. The molecule has 0 aromatic heterocycles. The Labute approximate surface area is 112 Å². The number of nitrogens with one attached hydrogen (secondary N) is 1. The van der Waals surface area contributed by atoms with Crippen molar-refractivity contribution in [1.29, 1.82) is 0 Å². The standard InChI is InChI=1S/C12H22N2O3S/c1-8-7-18-6-5-14(8)11(17)13-9(10(15)16)12(2,3)4/h8-9H,5-7H2,1-4H3,(H,13,17)(H,15,16). The zero-order chi connectivity index (χ0) is 13.9. The molecule has 2 atom stereocenters. The van der Waals surface area contributed by atoms with E-state index in [0.717, 1.165) is 11.5 Å². The van der Waals surface area contributed by atoms with Crippen LogP contribution in [0.4, 0.5) is 4.79 Å². The van der Waals surface area contributed by atoms with E-state index in [9.17, 15) is 14.7 Å². The van der Waals surface area contributed by atoms with Crippen LogP contribution in [0.3, 0.4) is 0 Å². The molecule has 0 aromatic carbocycles. The summed E-state index contributed by atoms with van der Waals surface area (Å²) >= 11 is 1.82. The van der Waals surface area contributed by atoms with Gasteiger partial charge in [0.2, 0.25) is 0 Å². The predicted octanol–water partition coefficient (Wildman–Crippen LogP) is 1.63. The Hall–Kier alpha value is -0.910. The highest BCUT2D eigenvalue weighted by Crippen LogP contribution is 2.21. The number of urea groups is 1. The van der Waals surface area contributed by atoms with Gasteiger partial charge in [0.15, 0.2) is 0 Å². The van der Waals surface area contributed by atoms with Gasteiger partial charge in [0.1, 0.15) is 6.04 Å². The number of nitrogens with zero attached hydrogens (tertiary/aromatic N) is 1. The Morgan fingerprint density at radius 1 is 1.44 bits per heavy atom. The average Bonchev–Trinajstić information content (AvgIpc) is 2.24. The zero-order valence-corrected chi connectivity index (χ0v) is 12.2. The fraction of sp³-hybridized carbons (Fsp3) is 0.833. The molecule has 1 saturated heterocycles. The summed E-state index contributed by atoms with van der Waals surface area (Å²) in [6.07, 6.45) is 0. The normalized spacial score (nSPS) is 22.4. The molecule has 0 aliphatic carbocycles. The first kappa shape index (κ1) is 15.1. The number of thioether (sulfide) groups is 1. The number of hydrogen-bond donors (Lipinski definition) is 2. The van der Waals surface area contributed by atoms with Gasteiger partial charge in [-0.3, -0.25) is 0 Å². The molecule has 2 unspecified atom stereocenters. The molecule has 0 bridgehead atoms. The van der Waals surface area contributed by atoms with Gasteiger partial charge in [-0.05, 0) is 12.3 Å². The minimum Gasteiger partial charge on any atom is -0.480 e. The Bertz CT molecular complexity index is 328. The van der Waals surface area contributed by atoms with Gasteiger partial charge >= 0.3 is 12.0 Å². The molecule has 0 spiro atoms. The van der Waals surface area contributed by atoms with Crippen LogP contribution in [0.15, 0.2) is 0 Å². The molecule has 0 aromatic rings. The lowest BCUT2D eigenvalue weighted by atomic mass is 9.87. The number of carbonyl (C=O) groups is 2. The van der Waals surface area contributed by atoms with E-state index in [1.807, 2.05) is 39.5 Å². The maximum absolute atomic E-state index is 12.1. The first-order chi connectivity index (χ1) is 8.23. The molecule has 104 valence electrons. The van der Waals surface area contributed by atoms with Gasteiger partial charge in [0.25, 0.3) is 0 Å². The van der Waals surface area contributed by atoms with Crippen molar-refractivity contribution >= 4 is 23.8 Å². The van der Waals surface area contributed by atoms with Crippen molar-refractivity contribution in [3.8, 4) is 0 Å². The van der Waals surface area contributed by atoms with Crippen LogP contribution in [0.1, 0.15) is 27.7 Å². The number of rotatable bonds is 2. The molecule has 6 heteroatoms. The molecule has 2 N–H and O–H groups in total. The van der Waals surface area contributed by atoms with E-state index in [1.165, 1.54) is 0 Å². The summed E-state index contributed by atoms with van der Waals surface area (Å²) < 4.78 is 0. The van der Waals surface area contributed by atoms with Crippen LogP contribution in [0.5, 0.6) is 0 Å². The lowest BCUT2D eigenvalue weighted by Crippen LogP contribution is -2.56. The average molecular weight is 274 g/mol. The number of carboxylic acid groups (broad SMARTS) is 1. The highest BCUT2D eigenvalue weighted by Gasteiger charge is 2.35. The topological polar surface area (TPSA) is 69.6 Å². The zero-order valence-electron chi connectivity index (χ0n) is 11.4. The fourth-order valence-electron chi connectivity index (χ4n) is 1.88. The first-order valence-electron chi connectivity index (χ1n) is 6.11. The Morgan fingerprint density at radius 3 is 2.50 bits per heavy atom. The molecule has 1 rings (SSSR count). The largest absolute Gasteiger partial charge is 0.480 e. The number of aliphatic carboxylic acids is 1. The lowest BCUT2D eigenvalue weighted by molar-refractivity contribution is -0.142. The van der Waals surface area contributed by atoms with Crippen molar-refractivity contribution < 1.29 is 14.7 Å². The maximum Gasteiger partial charge on any atom is 0.326 e. The SMILES string of the molecule is CC1CSCCN1C(=O)NC(C(=O)O)C(C)(C)C. The number of carboxylic acids is 1. The number of carbonyl (C=O) groups excluding carboxylic acids is 1. The van der Waals surface area contributed by atoms with Crippen molar-refractivity contribution in [2.24, 2.45) is 5.41 Å². The second-order valence-electron chi connectivity index (χ2n) is 5.70. The molecule has 1 heterocycles. The van der Waals surface area contributed by atoms with E-state index in [4.69, 9.17) is 0 Å². The molecule has 5 nitrogen and oxygen atoms in total. The Balaban J connectivity index is 2.69. The van der Waals surface area contributed by atoms with Gasteiger partial charge in [-0.1, -0.05) is 20.8 Å². The maximum atomic E-state index is 12.1. The van der Waals surface area contributed by atoms with E-state index in [0.29, 0.717) is 6.54 Å². The van der Waals surface area contributed by atoms with Crippen LogP contribution in [0.25, 0.3) is 0 Å². The molecule has 1 fully saturated rings. The summed E-state index contributed by atoms with van der Waals surface area (Å²) in [7, 11) is 0. The molecular weight excluding hydrogens is 252 g/mol. The highest BCUT2D eigenvalue weighted by atomic mass is 32.2. The van der Waals surface area contributed by atoms with Gasteiger partial charge < -0.3 is 15.3 Å². The summed E-state index contributed by atoms with van der Waals surface area (Å²) in [6, 6.07) is -0.991. The monoisotopic (exact) mass is 274 g/mol. The van der Waals surface area contributed by atoms with Crippen molar-refractivity contribution in [2.45, 2.75) is 39.8 Å². The van der Waals surface area contributed by atoms with Crippen LogP contribution >= 0.6 is 11.8 Å². The third kappa shape index (κ3) is 3.80. The molecule has 0 saturated carbocycles. The minimum absolute atomic E-state index is 0.151. The summed E-state index contributed by atoms with van der Waals surface area (Å²) in [6.45, 7) is 8.08. The molecule has 0 radical (unpaired) electrons. The summed E-state index contributed by atoms with van der Waals surface area (Å²) in [5, 5.41) is 11.8. The van der Waals surface area contributed by atoms with Crippen LogP contribution in [-0.2, 0) is 4.79 Å². The smallest absolute Gasteiger partial charge is 0.326 e. The van der Waals surface area contributed by atoms with Crippen LogP contribution in [0, 0.1) is 5.41 Å². The molecule has 1 aliphatic rings. The second kappa shape index (κ2) is 5.82. The third-order valence-corrected chi connectivity index (χ3v) is 4.20. The number of hydrogen-bond acceptors (Lipinski definition) is 3. The fourth-order valence-corrected chi connectivity index (χ4v) is 2.90. The quantitative estimate of drug-likeness (QED) is 0.803. The molecule has 1 aliphatic heterocycles. The van der Waals surface area contributed by atoms with E-state index in [-0.39, 0.29) is 12.1 Å². The summed E-state index contributed by atoms with van der Waals surface area (Å²) in [5.74, 6) is 0.820. The van der Waals surface area contributed by atoms with E-state index in [2.05, 4.69) is 5.32 Å². The first-order valence-corrected chi connectivity index (χ1v) is 7.26. The van der Waals surface area contributed by atoms with Crippen molar-refractivity contribution in [1.82, 2.24) is 10.2 Å². The molecular formula is C12H22N2O3S. The lowest BCUT2D eigenvalue weighted by Gasteiger charge is -2.36. The van der Waals surface area contributed by atoms with E-state index < -0.39 is 17.4 Å². The summed E-state index contributed by atoms with van der Waals surface area (Å²) in [4.78, 5) is 25.0. The van der Waals surface area contributed by atoms with Gasteiger partial charge in [-0.25, -0.2) is 9.59 Å². The molecule has 18 heavy (non-hydrogen) atoms. The van der Waals surface area contributed by atoms with Crippen LogP contribution in [-0.4, -0.2) is 52.1 Å². The minimum atomic E-state index is -0.991. The predicted molar refractivity (Wildman–Crippen MR) is 72.9 cm³/mol. The third-order valence-electron chi connectivity index (χ3n) is 3.01. The Kier molecular flexibility index (Phi) is 4.90. The van der Waals surface area contributed by atoms with Crippen molar-refractivity contribution in [2.75, 3.05) is 18.1 Å². The van der Waals surface area contributed by atoms with Gasteiger partial charge in [0, 0.05) is 24.1 Å². The van der Waals surface area contributed by atoms with E-state index in [1.54, 1.807) is 4.90 Å².